The van der Waals surface area contributed by atoms with Crippen LogP contribution in [0.3, 0.4) is 0 Å². The Balaban J connectivity index is 4.21. The summed E-state index contributed by atoms with van der Waals surface area (Å²) in [5.41, 5.74) is 0. The Labute approximate surface area is 282 Å². The number of esters is 1. The van der Waals surface area contributed by atoms with Crippen LogP contribution in [0, 0.1) is 0 Å². The summed E-state index contributed by atoms with van der Waals surface area (Å²) in [6, 6.07) is 0. The monoisotopic (exact) mass is 632 g/mol. The van der Waals surface area contributed by atoms with Gasteiger partial charge in [0.25, 0.3) is 0 Å². The van der Waals surface area contributed by atoms with Crippen LogP contribution in [0.15, 0.2) is 109 Å². The van der Waals surface area contributed by atoms with Crippen molar-refractivity contribution in [3.8, 4) is 0 Å². The predicted molar refractivity (Wildman–Crippen MR) is 199 cm³/mol. The maximum absolute atomic E-state index is 12.5. The Hall–Kier alpha value is -3.40. The second kappa shape index (κ2) is 36.1. The van der Waals surface area contributed by atoms with E-state index in [1.807, 2.05) is 6.08 Å². The molecule has 1 unspecified atom stereocenters. The Morgan fingerprint density at radius 3 is 1.39 bits per heavy atom. The number of unbranched alkanes of at least 4 members (excludes halogenated alkanes) is 5. The van der Waals surface area contributed by atoms with E-state index in [0.29, 0.717) is 12.8 Å². The van der Waals surface area contributed by atoms with Crippen molar-refractivity contribution in [1.82, 2.24) is 0 Å². The van der Waals surface area contributed by atoms with Gasteiger partial charge in [-0.3, -0.25) is 9.59 Å². The molecule has 0 aliphatic heterocycles. The van der Waals surface area contributed by atoms with Crippen LogP contribution in [0.1, 0.15) is 136 Å². The van der Waals surface area contributed by atoms with E-state index >= 15 is 0 Å². The molecule has 4 nitrogen and oxygen atoms in total. The SMILES string of the molecule is CC/C=C\C/C=C\C/C=C\C/C=C\C/C=C\CCCCCC(=O)OC(/C=C\C/C=C\C/C=C\C/C=C\CC)CCCCCC(=O)O. The minimum Gasteiger partial charge on any atom is -0.481 e. The number of rotatable bonds is 30. The number of hydrogen-bond donors (Lipinski definition) is 1. The highest BCUT2D eigenvalue weighted by Gasteiger charge is 2.11. The first-order valence-corrected chi connectivity index (χ1v) is 17.9. The molecule has 4 heteroatoms. The minimum atomic E-state index is -0.761. The zero-order chi connectivity index (χ0) is 33.6. The Kier molecular flexibility index (Phi) is 33.4. The molecule has 1 atom stereocenters. The first-order valence-electron chi connectivity index (χ1n) is 17.9. The van der Waals surface area contributed by atoms with Crippen molar-refractivity contribution in [2.75, 3.05) is 0 Å². The van der Waals surface area contributed by atoms with E-state index in [1.54, 1.807) is 0 Å². The topological polar surface area (TPSA) is 63.6 Å². The molecular weight excluding hydrogens is 568 g/mol. The Bertz CT molecular complexity index is 987. The lowest BCUT2D eigenvalue weighted by Crippen LogP contribution is -2.16. The molecule has 0 saturated heterocycles. The standard InChI is InChI=1S/C42H64O4/c1-3-5-7-9-11-13-15-16-17-18-19-20-21-22-24-26-28-30-35-39-42(45)46-40(37-33-31-34-38-41(43)44)36-32-29-27-25-23-14-12-10-8-6-4-2/h5-8,11-14,16-17,19-20,22,24-25,27,32,36,40H,3-4,9-10,15,18,21,23,26,28-31,33-35,37-39H2,1-2H3,(H,43,44)/b7-5-,8-6-,13-11-,14-12-,17-16-,20-19-,24-22-,27-25-,36-32-. The van der Waals surface area contributed by atoms with Gasteiger partial charge < -0.3 is 9.84 Å². The molecule has 0 aliphatic carbocycles. The van der Waals surface area contributed by atoms with E-state index in [1.165, 1.54) is 0 Å². The molecule has 0 aliphatic rings. The van der Waals surface area contributed by atoms with Crippen LogP contribution in [-0.4, -0.2) is 23.1 Å². The van der Waals surface area contributed by atoms with Crippen molar-refractivity contribution in [2.24, 2.45) is 0 Å². The molecule has 0 aromatic carbocycles. The van der Waals surface area contributed by atoms with Crippen LogP contribution in [0.25, 0.3) is 0 Å². The largest absolute Gasteiger partial charge is 0.481 e. The molecule has 0 spiro atoms. The lowest BCUT2D eigenvalue weighted by Gasteiger charge is -2.14. The number of carbonyl (C=O) groups excluding carboxylic acids is 1. The third-order valence-electron chi connectivity index (χ3n) is 6.97. The first kappa shape index (κ1) is 42.6. The number of carbonyl (C=O) groups is 2. The summed E-state index contributed by atoms with van der Waals surface area (Å²) in [7, 11) is 0. The molecule has 0 rings (SSSR count). The summed E-state index contributed by atoms with van der Waals surface area (Å²) < 4.78 is 5.79. The molecule has 0 aromatic heterocycles. The second-order valence-electron chi connectivity index (χ2n) is 11.3. The van der Waals surface area contributed by atoms with Crippen LogP contribution < -0.4 is 0 Å². The summed E-state index contributed by atoms with van der Waals surface area (Å²) in [6.45, 7) is 4.29. The van der Waals surface area contributed by atoms with Gasteiger partial charge in [0.1, 0.15) is 6.10 Å². The van der Waals surface area contributed by atoms with Gasteiger partial charge in [-0.15, -0.1) is 0 Å². The van der Waals surface area contributed by atoms with E-state index in [9.17, 15) is 9.59 Å². The van der Waals surface area contributed by atoms with Gasteiger partial charge in [-0.25, -0.2) is 0 Å². The zero-order valence-corrected chi connectivity index (χ0v) is 29.1. The van der Waals surface area contributed by atoms with Gasteiger partial charge in [-0.05, 0) is 102 Å². The highest BCUT2D eigenvalue weighted by molar-refractivity contribution is 5.69. The zero-order valence-electron chi connectivity index (χ0n) is 29.1. The van der Waals surface area contributed by atoms with Crippen molar-refractivity contribution < 1.29 is 19.4 Å². The maximum Gasteiger partial charge on any atom is 0.306 e. The highest BCUT2D eigenvalue weighted by atomic mass is 16.5. The van der Waals surface area contributed by atoms with E-state index < -0.39 is 5.97 Å². The number of carboxylic acids is 1. The van der Waals surface area contributed by atoms with Crippen molar-refractivity contribution in [3.63, 3.8) is 0 Å². The molecule has 0 fully saturated rings. The summed E-state index contributed by atoms with van der Waals surface area (Å²) in [4.78, 5) is 23.3. The highest BCUT2D eigenvalue weighted by Crippen LogP contribution is 2.13. The van der Waals surface area contributed by atoms with Gasteiger partial charge >= 0.3 is 11.9 Å². The molecule has 0 amide bonds. The van der Waals surface area contributed by atoms with E-state index in [-0.39, 0.29) is 18.5 Å². The van der Waals surface area contributed by atoms with Gasteiger partial charge in [0.15, 0.2) is 0 Å². The fourth-order valence-electron chi connectivity index (χ4n) is 4.41. The van der Waals surface area contributed by atoms with E-state index in [0.717, 1.165) is 103 Å². The summed E-state index contributed by atoms with van der Waals surface area (Å²) in [6.07, 6.45) is 55.3. The van der Waals surface area contributed by atoms with Crippen molar-refractivity contribution in [2.45, 2.75) is 142 Å². The first-order chi connectivity index (χ1) is 22.6. The normalized spacial score (nSPS) is 13.6. The van der Waals surface area contributed by atoms with E-state index in [2.05, 4.69) is 117 Å². The molecule has 0 saturated carbocycles. The van der Waals surface area contributed by atoms with Gasteiger partial charge in [-0.1, -0.05) is 130 Å². The fourth-order valence-corrected chi connectivity index (χ4v) is 4.41. The molecular formula is C42H64O4. The molecule has 0 aromatic rings. The van der Waals surface area contributed by atoms with Crippen LogP contribution in [0.5, 0.6) is 0 Å². The van der Waals surface area contributed by atoms with E-state index in [4.69, 9.17) is 9.84 Å². The number of aliphatic carboxylic acids is 1. The lowest BCUT2D eigenvalue weighted by molar-refractivity contribution is -0.147. The van der Waals surface area contributed by atoms with Gasteiger partial charge in [0.2, 0.25) is 0 Å². The van der Waals surface area contributed by atoms with Gasteiger partial charge in [0, 0.05) is 12.8 Å². The number of allylic oxidation sites excluding steroid dienone is 17. The van der Waals surface area contributed by atoms with Crippen molar-refractivity contribution in [3.05, 3.63) is 109 Å². The lowest BCUT2D eigenvalue weighted by atomic mass is 10.1. The molecule has 0 heterocycles. The Morgan fingerprint density at radius 2 is 0.913 bits per heavy atom. The molecule has 0 radical (unpaired) electrons. The smallest absolute Gasteiger partial charge is 0.306 e. The quantitative estimate of drug-likeness (QED) is 0.0486. The summed E-state index contributed by atoms with van der Waals surface area (Å²) in [5.74, 6) is -0.906. The van der Waals surface area contributed by atoms with Crippen LogP contribution in [0.4, 0.5) is 0 Å². The molecule has 256 valence electrons. The number of carboxylic acid groups (broad SMARTS) is 1. The predicted octanol–water partition coefficient (Wildman–Crippen LogP) is 12.4. The third-order valence-corrected chi connectivity index (χ3v) is 6.97. The molecule has 46 heavy (non-hydrogen) atoms. The average Bonchev–Trinajstić information content (AvgIpc) is 3.04. The Morgan fingerprint density at radius 1 is 0.500 bits per heavy atom. The van der Waals surface area contributed by atoms with Gasteiger partial charge in [0.05, 0.1) is 0 Å². The summed E-state index contributed by atoms with van der Waals surface area (Å²) >= 11 is 0. The minimum absolute atomic E-state index is 0.145. The van der Waals surface area contributed by atoms with Crippen LogP contribution in [0.2, 0.25) is 0 Å². The molecule has 0 bridgehead atoms. The van der Waals surface area contributed by atoms with Crippen molar-refractivity contribution >= 4 is 11.9 Å². The third kappa shape index (κ3) is 35.1. The maximum atomic E-state index is 12.5. The van der Waals surface area contributed by atoms with Crippen LogP contribution >= 0.6 is 0 Å². The number of hydrogen-bond acceptors (Lipinski definition) is 3. The molecule has 1 N–H and O–H groups in total. The summed E-state index contributed by atoms with van der Waals surface area (Å²) in [5, 5.41) is 8.86. The fraction of sp³-hybridized carbons (Fsp3) is 0.524. The van der Waals surface area contributed by atoms with Crippen molar-refractivity contribution in [1.29, 1.82) is 0 Å². The van der Waals surface area contributed by atoms with Crippen LogP contribution in [-0.2, 0) is 14.3 Å². The average molecular weight is 633 g/mol. The second-order valence-corrected chi connectivity index (χ2v) is 11.3. The number of ether oxygens (including phenoxy) is 1. The van der Waals surface area contributed by atoms with Gasteiger partial charge in [-0.2, -0.15) is 0 Å².